The highest BCUT2D eigenvalue weighted by atomic mass is 31.2. The van der Waals surface area contributed by atoms with Gasteiger partial charge in [0.05, 0.1) is 0 Å². The van der Waals surface area contributed by atoms with Gasteiger partial charge in [-0.3, -0.25) is 0 Å². The van der Waals surface area contributed by atoms with E-state index in [9.17, 15) is 13.7 Å². The molecular formula is C52H53O12P3. The maximum absolute atomic E-state index is 14.8. The second kappa shape index (κ2) is 20.1. The molecule has 0 atom stereocenters. The van der Waals surface area contributed by atoms with Gasteiger partial charge in [0.2, 0.25) is 0 Å². The Morgan fingerprint density at radius 3 is 0.507 bits per heavy atom. The van der Waals surface area contributed by atoms with Crippen molar-refractivity contribution in [2.75, 3.05) is 0 Å². The third-order valence-corrected chi connectivity index (χ3v) is 14.3. The topological polar surface area (TPSA) is 134 Å². The van der Waals surface area contributed by atoms with Crippen molar-refractivity contribution in [3.8, 4) is 51.7 Å². The fourth-order valence-electron chi connectivity index (χ4n) is 7.08. The van der Waals surface area contributed by atoms with Gasteiger partial charge in [0.25, 0.3) is 0 Å². The molecule has 0 N–H and O–H groups in total. The van der Waals surface area contributed by atoms with Crippen LogP contribution >= 0.6 is 23.5 Å². The summed E-state index contributed by atoms with van der Waals surface area (Å²) in [5.41, 5.74) is 7.29. The summed E-state index contributed by atoms with van der Waals surface area (Å²) in [7, 11) is -13.4. The molecule has 0 spiro atoms. The molecule has 0 unspecified atom stereocenters. The quantitative estimate of drug-likeness (QED) is 0.0758. The molecule has 348 valence electrons. The second-order valence-corrected chi connectivity index (χ2v) is 20.5. The highest BCUT2D eigenvalue weighted by Gasteiger charge is 2.38. The molecule has 15 heteroatoms. The zero-order valence-electron chi connectivity index (χ0n) is 39.0. The van der Waals surface area contributed by atoms with Gasteiger partial charge in [-0.15, -0.1) is 0 Å². The Morgan fingerprint density at radius 2 is 0.358 bits per heavy atom. The third kappa shape index (κ3) is 11.9. The molecule has 0 aromatic heterocycles. The van der Waals surface area contributed by atoms with Crippen molar-refractivity contribution in [2.24, 2.45) is 0 Å². The standard InChI is InChI=1S/C52H53O12P3/c1-34-16-11-17-35(2)48(34)60-65(53,56-44-26-30-46(31-27-44)58-66(54,61-49-36(3)18-12-19-37(49)4)62-50-38(5)20-13-21-39(50)6)57-45-28-32-47(33-29-45)59-67(55,63-51-40(7)22-14-23-41(51)8)64-52-42(9)24-15-25-43(52)10/h11-33H,1-10H3. The van der Waals surface area contributed by atoms with Gasteiger partial charge in [0.1, 0.15) is 51.7 Å². The summed E-state index contributed by atoms with van der Waals surface area (Å²) >= 11 is 0. The van der Waals surface area contributed by atoms with E-state index in [1.807, 2.05) is 160 Å². The summed E-state index contributed by atoms with van der Waals surface area (Å²) in [6, 6.07) is 39.4. The Hall–Kier alpha value is -6.57. The molecule has 0 fully saturated rings. The minimum Gasteiger partial charge on any atom is -0.386 e. The van der Waals surface area contributed by atoms with Crippen LogP contribution in [0.15, 0.2) is 140 Å². The van der Waals surface area contributed by atoms with Gasteiger partial charge in [-0.1, -0.05) is 91.0 Å². The summed E-state index contributed by atoms with van der Waals surface area (Å²) in [4.78, 5) is 0. The van der Waals surface area contributed by atoms with E-state index in [1.165, 1.54) is 48.5 Å². The van der Waals surface area contributed by atoms with Crippen LogP contribution in [0.3, 0.4) is 0 Å². The first-order chi connectivity index (χ1) is 31.8. The predicted molar refractivity (Wildman–Crippen MR) is 261 cm³/mol. The monoisotopic (exact) mass is 962 g/mol. The van der Waals surface area contributed by atoms with Gasteiger partial charge in [-0.25, -0.2) is 0 Å². The van der Waals surface area contributed by atoms with Gasteiger partial charge >= 0.3 is 23.5 Å². The molecule has 12 nitrogen and oxygen atoms in total. The number of hydrogen-bond donors (Lipinski definition) is 0. The molecule has 0 aliphatic heterocycles. The smallest absolute Gasteiger partial charge is 0.386 e. The first-order valence-corrected chi connectivity index (χ1v) is 25.8. The molecule has 7 aromatic carbocycles. The maximum Gasteiger partial charge on any atom is 0.647 e. The lowest BCUT2D eigenvalue weighted by molar-refractivity contribution is 0.291. The summed E-state index contributed by atoms with van der Waals surface area (Å²) < 4.78 is 98.8. The van der Waals surface area contributed by atoms with Gasteiger partial charge in [0, 0.05) is 0 Å². The Morgan fingerprint density at radius 1 is 0.224 bits per heavy atom. The number of aryl methyl sites for hydroxylation is 10. The molecule has 7 aromatic rings. The number of phosphoric acid groups is 3. The van der Waals surface area contributed by atoms with E-state index in [0.29, 0.717) is 39.9 Å². The highest BCUT2D eigenvalue weighted by Crippen LogP contribution is 2.56. The van der Waals surface area contributed by atoms with Gasteiger partial charge in [-0.2, -0.15) is 13.7 Å². The van der Waals surface area contributed by atoms with Crippen LogP contribution in [0.1, 0.15) is 55.6 Å². The fourth-order valence-corrected chi connectivity index (χ4v) is 11.5. The third-order valence-electron chi connectivity index (χ3n) is 10.6. The number of phosphoric ester groups is 3. The van der Waals surface area contributed by atoms with Gasteiger partial charge in [-0.05, 0) is 173 Å². The SMILES string of the molecule is Cc1cccc(C)c1OP(=O)(Oc1ccc(OP(=O)(Oc2c(C)cccc2C)Oc2c(C)cccc2C)cc1)Oc1ccc(OP(=O)(Oc2c(C)cccc2C)Oc2c(C)cccc2C)cc1. The Kier molecular flexibility index (Phi) is 14.5. The van der Waals surface area contributed by atoms with E-state index < -0.39 is 23.5 Å². The number of rotatable bonds is 18. The molecule has 0 saturated carbocycles. The van der Waals surface area contributed by atoms with E-state index in [0.717, 1.165) is 44.5 Å². The molecule has 0 amide bonds. The van der Waals surface area contributed by atoms with Gasteiger partial charge in [0.15, 0.2) is 0 Å². The van der Waals surface area contributed by atoms with Gasteiger partial charge < -0.3 is 40.7 Å². The zero-order chi connectivity index (χ0) is 48.1. The van der Waals surface area contributed by atoms with Crippen LogP contribution in [-0.2, 0) is 13.7 Å². The highest BCUT2D eigenvalue weighted by molar-refractivity contribution is 7.50. The second-order valence-electron chi connectivity index (χ2n) is 16.2. The minimum atomic E-state index is -4.57. The zero-order valence-corrected chi connectivity index (χ0v) is 41.7. The van der Waals surface area contributed by atoms with E-state index in [2.05, 4.69) is 0 Å². The molecular weight excluding hydrogens is 909 g/mol. The van der Waals surface area contributed by atoms with Crippen LogP contribution in [0, 0.1) is 69.2 Å². The van der Waals surface area contributed by atoms with Crippen LogP contribution in [0.25, 0.3) is 0 Å². The van der Waals surface area contributed by atoms with Crippen molar-refractivity contribution in [3.63, 3.8) is 0 Å². The molecule has 0 bridgehead atoms. The average molecular weight is 963 g/mol. The van der Waals surface area contributed by atoms with E-state index in [1.54, 1.807) is 0 Å². The van der Waals surface area contributed by atoms with Crippen molar-refractivity contribution in [3.05, 3.63) is 195 Å². The molecule has 0 saturated heterocycles. The summed E-state index contributed by atoms with van der Waals surface area (Å²) in [6.45, 7) is 18.3. The Labute approximate surface area is 392 Å². The molecule has 67 heavy (non-hydrogen) atoms. The van der Waals surface area contributed by atoms with Crippen molar-refractivity contribution in [1.29, 1.82) is 0 Å². The summed E-state index contributed by atoms with van der Waals surface area (Å²) in [5.74, 6) is 2.10. The molecule has 0 aliphatic rings. The van der Waals surface area contributed by atoms with E-state index in [-0.39, 0.29) is 23.0 Å². The first kappa shape index (κ1) is 48.4. The predicted octanol–water partition coefficient (Wildman–Crippen LogP) is 15.7. The Balaban J connectivity index is 1.16. The lowest BCUT2D eigenvalue weighted by atomic mass is 10.1. The van der Waals surface area contributed by atoms with Crippen molar-refractivity contribution in [2.45, 2.75) is 69.2 Å². The van der Waals surface area contributed by atoms with E-state index in [4.69, 9.17) is 40.7 Å². The average Bonchev–Trinajstić information content (AvgIpc) is 3.27. The van der Waals surface area contributed by atoms with Crippen LogP contribution in [-0.4, -0.2) is 0 Å². The summed E-state index contributed by atoms with van der Waals surface area (Å²) in [6.07, 6.45) is 0. The normalized spacial score (nSPS) is 11.6. The molecule has 0 heterocycles. The van der Waals surface area contributed by atoms with Crippen LogP contribution in [0.4, 0.5) is 0 Å². The van der Waals surface area contributed by atoms with Crippen LogP contribution < -0.4 is 40.7 Å². The maximum atomic E-state index is 14.8. The number of hydrogen-bond acceptors (Lipinski definition) is 12. The van der Waals surface area contributed by atoms with Crippen molar-refractivity contribution >= 4 is 23.5 Å². The van der Waals surface area contributed by atoms with Crippen LogP contribution in [0.5, 0.6) is 51.7 Å². The lowest BCUT2D eigenvalue weighted by Crippen LogP contribution is -2.11. The molecule has 7 rings (SSSR count). The number of benzene rings is 7. The summed E-state index contributed by atoms with van der Waals surface area (Å²) in [5, 5.41) is 0. The molecule has 0 aliphatic carbocycles. The fraction of sp³-hybridized carbons (Fsp3) is 0.192. The largest absolute Gasteiger partial charge is 0.647 e. The molecule has 0 radical (unpaired) electrons. The first-order valence-electron chi connectivity index (χ1n) is 21.4. The lowest BCUT2D eigenvalue weighted by Gasteiger charge is -2.23. The van der Waals surface area contributed by atoms with Crippen molar-refractivity contribution in [1.82, 2.24) is 0 Å². The number of para-hydroxylation sites is 5. The minimum absolute atomic E-state index is 0.0660. The van der Waals surface area contributed by atoms with Crippen molar-refractivity contribution < 1.29 is 54.4 Å². The van der Waals surface area contributed by atoms with Crippen LogP contribution in [0.2, 0.25) is 0 Å². The van der Waals surface area contributed by atoms with E-state index >= 15 is 0 Å². The Bertz CT molecular complexity index is 2670.